The summed E-state index contributed by atoms with van der Waals surface area (Å²) in [4.78, 5) is 15.9. The number of aromatic nitrogens is 1. The molecule has 0 saturated heterocycles. The molecule has 0 bridgehead atoms. The minimum atomic E-state index is -0.260. The van der Waals surface area contributed by atoms with E-state index in [1.54, 1.807) is 34.5 Å². The highest BCUT2D eigenvalue weighted by Gasteiger charge is 2.12. The van der Waals surface area contributed by atoms with Crippen molar-refractivity contribution in [2.75, 3.05) is 33.8 Å². The molecule has 0 aliphatic heterocycles. The third-order valence-corrected chi connectivity index (χ3v) is 5.67. The van der Waals surface area contributed by atoms with Crippen molar-refractivity contribution in [2.24, 2.45) is 0 Å². The third-order valence-electron chi connectivity index (χ3n) is 5.67. The van der Waals surface area contributed by atoms with E-state index in [-0.39, 0.29) is 5.91 Å². The average molecular weight is 485 g/mol. The molecule has 1 amide bonds. The van der Waals surface area contributed by atoms with Gasteiger partial charge in [0.05, 0.1) is 34.1 Å². The number of carbonyl (C=O) groups excluding carboxylic acids is 1. The van der Waals surface area contributed by atoms with Gasteiger partial charge in [0.15, 0.2) is 11.5 Å². The molecule has 0 saturated carbocycles. The molecule has 4 aromatic rings. The van der Waals surface area contributed by atoms with Gasteiger partial charge in [-0.2, -0.15) is 0 Å². The van der Waals surface area contributed by atoms with Crippen molar-refractivity contribution < 1.29 is 23.7 Å². The second-order valence-electron chi connectivity index (χ2n) is 7.86. The standard InChI is InChI=1S/C29H28N2O5/c1-33-25-13-11-19(9-10-20-16-26(34-2)29(36-4)27(17-20)35-3)15-24(25)31-28(32)14-12-21-18-30-23-8-6-5-7-22(21)23/h5-18,30H,1-4H3,(H,31,32)/b10-9+,14-12+. The van der Waals surface area contributed by atoms with E-state index in [9.17, 15) is 4.79 Å². The lowest BCUT2D eigenvalue weighted by molar-refractivity contribution is -0.111. The van der Waals surface area contributed by atoms with Crippen molar-refractivity contribution in [1.82, 2.24) is 4.98 Å². The van der Waals surface area contributed by atoms with Crippen molar-refractivity contribution in [3.05, 3.63) is 83.6 Å². The van der Waals surface area contributed by atoms with Gasteiger partial charge in [0.1, 0.15) is 5.75 Å². The normalized spacial score (nSPS) is 11.2. The van der Waals surface area contributed by atoms with Gasteiger partial charge >= 0.3 is 0 Å². The summed E-state index contributed by atoms with van der Waals surface area (Å²) in [5.74, 6) is 1.98. The number of aromatic amines is 1. The Kier molecular flexibility index (Phi) is 7.60. The van der Waals surface area contributed by atoms with Gasteiger partial charge in [0.25, 0.3) is 0 Å². The van der Waals surface area contributed by atoms with E-state index in [0.29, 0.717) is 28.7 Å². The molecule has 184 valence electrons. The Labute approximate surface area is 210 Å². The number of carbonyl (C=O) groups is 1. The maximum atomic E-state index is 12.7. The second-order valence-corrected chi connectivity index (χ2v) is 7.86. The molecule has 1 heterocycles. The van der Waals surface area contributed by atoms with Crippen LogP contribution in [0, 0.1) is 0 Å². The van der Waals surface area contributed by atoms with Gasteiger partial charge < -0.3 is 29.2 Å². The molecule has 0 atom stereocenters. The van der Waals surface area contributed by atoms with Crippen molar-refractivity contribution in [3.63, 3.8) is 0 Å². The maximum Gasteiger partial charge on any atom is 0.248 e. The van der Waals surface area contributed by atoms with Gasteiger partial charge in [-0.3, -0.25) is 4.79 Å². The molecule has 4 rings (SSSR count). The monoisotopic (exact) mass is 484 g/mol. The summed E-state index contributed by atoms with van der Waals surface area (Å²) in [6.07, 6.45) is 9.03. The Morgan fingerprint density at radius 1 is 0.778 bits per heavy atom. The molecule has 7 heteroatoms. The van der Waals surface area contributed by atoms with Crippen LogP contribution in [-0.2, 0) is 4.79 Å². The zero-order valence-electron chi connectivity index (χ0n) is 20.6. The number of H-pyrrole nitrogens is 1. The van der Waals surface area contributed by atoms with E-state index in [4.69, 9.17) is 18.9 Å². The van der Waals surface area contributed by atoms with E-state index in [0.717, 1.165) is 27.6 Å². The predicted molar refractivity (Wildman–Crippen MR) is 144 cm³/mol. The maximum absolute atomic E-state index is 12.7. The number of ether oxygens (including phenoxy) is 4. The first-order valence-corrected chi connectivity index (χ1v) is 11.3. The van der Waals surface area contributed by atoms with Crippen LogP contribution in [0.1, 0.15) is 16.7 Å². The summed E-state index contributed by atoms with van der Waals surface area (Å²) >= 11 is 0. The fourth-order valence-electron chi connectivity index (χ4n) is 3.89. The number of amides is 1. The van der Waals surface area contributed by atoms with Gasteiger partial charge in [-0.25, -0.2) is 0 Å². The van der Waals surface area contributed by atoms with Crippen molar-refractivity contribution in [3.8, 4) is 23.0 Å². The average Bonchev–Trinajstić information content (AvgIpc) is 3.33. The molecule has 0 unspecified atom stereocenters. The van der Waals surface area contributed by atoms with E-state index >= 15 is 0 Å². The summed E-state index contributed by atoms with van der Waals surface area (Å²) in [5.41, 5.74) is 4.27. The van der Waals surface area contributed by atoms with Crippen molar-refractivity contribution in [1.29, 1.82) is 0 Å². The van der Waals surface area contributed by atoms with Gasteiger partial charge in [-0.15, -0.1) is 0 Å². The minimum absolute atomic E-state index is 0.260. The van der Waals surface area contributed by atoms with Crippen molar-refractivity contribution >= 4 is 40.7 Å². The molecule has 0 fully saturated rings. The van der Waals surface area contributed by atoms with E-state index in [1.807, 2.05) is 72.9 Å². The number of anilines is 1. The van der Waals surface area contributed by atoms with Crippen LogP contribution < -0.4 is 24.3 Å². The highest BCUT2D eigenvalue weighted by atomic mass is 16.5. The van der Waals surface area contributed by atoms with Crippen LogP contribution in [0.2, 0.25) is 0 Å². The van der Waals surface area contributed by atoms with Crippen LogP contribution in [0.25, 0.3) is 29.1 Å². The number of para-hydroxylation sites is 1. The first-order valence-electron chi connectivity index (χ1n) is 11.3. The van der Waals surface area contributed by atoms with E-state index < -0.39 is 0 Å². The molecule has 36 heavy (non-hydrogen) atoms. The van der Waals surface area contributed by atoms with Crippen molar-refractivity contribution in [2.45, 2.75) is 0 Å². The molecule has 3 aromatic carbocycles. The van der Waals surface area contributed by atoms with Crippen LogP contribution in [0.15, 0.2) is 66.9 Å². The number of fused-ring (bicyclic) bond motifs is 1. The summed E-state index contributed by atoms with van der Waals surface area (Å²) in [6, 6.07) is 17.2. The topological polar surface area (TPSA) is 81.8 Å². The summed E-state index contributed by atoms with van der Waals surface area (Å²) in [6.45, 7) is 0. The first-order chi connectivity index (χ1) is 17.6. The fourth-order valence-corrected chi connectivity index (χ4v) is 3.89. The van der Waals surface area contributed by atoms with Gasteiger partial charge in [-0.1, -0.05) is 36.4 Å². The Morgan fingerprint density at radius 3 is 2.17 bits per heavy atom. The Balaban J connectivity index is 1.54. The highest BCUT2D eigenvalue weighted by Crippen LogP contribution is 2.38. The highest BCUT2D eigenvalue weighted by molar-refractivity contribution is 6.04. The number of benzene rings is 3. The molecular weight excluding hydrogens is 456 g/mol. The number of nitrogens with one attached hydrogen (secondary N) is 2. The molecule has 0 aliphatic rings. The molecule has 2 N–H and O–H groups in total. The zero-order chi connectivity index (χ0) is 25.5. The Morgan fingerprint density at radius 2 is 1.47 bits per heavy atom. The molecule has 7 nitrogen and oxygen atoms in total. The number of hydrogen-bond acceptors (Lipinski definition) is 5. The number of methoxy groups -OCH3 is 4. The lowest BCUT2D eigenvalue weighted by Crippen LogP contribution is -2.09. The predicted octanol–water partition coefficient (Wildman–Crippen LogP) is 6.02. The van der Waals surface area contributed by atoms with Crippen LogP contribution in [0.3, 0.4) is 0 Å². The van der Waals surface area contributed by atoms with Gasteiger partial charge in [-0.05, 0) is 53.1 Å². The summed E-state index contributed by atoms with van der Waals surface area (Å²) < 4.78 is 21.7. The number of rotatable bonds is 9. The molecule has 0 radical (unpaired) electrons. The quantitative estimate of drug-likeness (QED) is 0.224. The molecule has 1 aromatic heterocycles. The number of hydrogen-bond donors (Lipinski definition) is 2. The van der Waals surface area contributed by atoms with Crippen LogP contribution >= 0.6 is 0 Å². The van der Waals surface area contributed by atoms with E-state index in [1.165, 1.54) is 6.08 Å². The van der Waals surface area contributed by atoms with Crippen LogP contribution in [0.4, 0.5) is 5.69 Å². The Bertz CT molecular complexity index is 1410. The molecule has 0 aliphatic carbocycles. The van der Waals surface area contributed by atoms with E-state index in [2.05, 4.69) is 10.3 Å². The fraction of sp³-hybridized carbons (Fsp3) is 0.138. The SMILES string of the molecule is COc1ccc(/C=C/c2cc(OC)c(OC)c(OC)c2)cc1NC(=O)/C=C/c1c[nH]c2ccccc12. The smallest absolute Gasteiger partial charge is 0.248 e. The van der Waals surface area contributed by atoms with Gasteiger partial charge in [0, 0.05) is 23.2 Å². The van der Waals surface area contributed by atoms with Crippen LogP contribution in [-0.4, -0.2) is 39.3 Å². The lowest BCUT2D eigenvalue weighted by Gasteiger charge is -2.13. The Hall–Kier alpha value is -4.65. The van der Waals surface area contributed by atoms with Gasteiger partial charge in [0.2, 0.25) is 11.7 Å². The minimum Gasteiger partial charge on any atom is -0.495 e. The summed E-state index contributed by atoms with van der Waals surface area (Å²) in [7, 11) is 6.29. The van der Waals surface area contributed by atoms with Crippen LogP contribution in [0.5, 0.6) is 23.0 Å². The third kappa shape index (κ3) is 5.36. The second kappa shape index (κ2) is 11.2. The molecular formula is C29H28N2O5. The molecule has 0 spiro atoms. The first kappa shape index (κ1) is 24.5. The largest absolute Gasteiger partial charge is 0.495 e. The summed E-state index contributed by atoms with van der Waals surface area (Å²) in [5, 5.41) is 3.96. The lowest BCUT2D eigenvalue weighted by atomic mass is 10.1. The zero-order valence-corrected chi connectivity index (χ0v) is 20.6.